The van der Waals surface area contributed by atoms with Gasteiger partial charge in [-0.15, -0.1) is 0 Å². The summed E-state index contributed by atoms with van der Waals surface area (Å²) < 4.78 is 20.8. The van der Waals surface area contributed by atoms with Gasteiger partial charge in [-0.05, 0) is 143 Å². The van der Waals surface area contributed by atoms with Gasteiger partial charge in [0.05, 0.1) is 48.3 Å². The maximum absolute atomic E-state index is 16.3. The first-order valence-electron chi connectivity index (χ1n) is 26.8. The van der Waals surface area contributed by atoms with Gasteiger partial charge in [-0.2, -0.15) is 0 Å². The Morgan fingerprint density at radius 1 is 0.841 bits per heavy atom. The maximum atomic E-state index is 16.3. The summed E-state index contributed by atoms with van der Waals surface area (Å²) in [6, 6.07) is 10.2. The quantitative estimate of drug-likeness (QED) is 0.112. The van der Waals surface area contributed by atoms with Crippen LogP contribution in [0.25, 0.3) is 11.3 Å². The van der Waals surface area contributed by atoms with Crippen molar-refractivity contribution in [2.45, 2.75) is 157 Å². The molecule has 1 aromatic heterocycles. The average molecular weight is 951 g/mol. The van der Waals surface area contributed by atoms with Crippen molar-refractivity contribution >= 4 is 17.8 Å². The van der Waals surface area contributed by atoms with Gasteiger partial charge in [0.1, 0.15) is 11.9 Å². The third-order valence-electron chi connectivity index (χ3n) is 21.7. The fourth-order valence-electron chi connectivity index (χ4n) is 17.6. The number of nitrogens with zero attached hydrogens (tertiary/aromatic N) is 4. The number of methoxy groups -OCH3 is 1. The van der Waals surface area contributed by atoms with E-state index in [4.69, 9.17) is 19.2 Å². The van der Waals surface area contributed by atoms with Crippen molar-refractivity contribution in [3.05, 3.63) is 54.5 Å². The van der Waals surface area contributed by atoms with Crippen molar-refractivity contribution in [3.63, 3.8) is 0 Å². The zero-order chi connectivity index (χ0) is 49.6. The molecule has 7 aliphatic rings. The van der Waals surface area contributed by atoms with Gasteiger partial charge >= 0.3 is 11.9 Å². The number of likely N-dealkylation sites (N-methyl/N-ethyl adjacent to an activating group) is 1. The standard InChI is InChI=1S/C58H86N4O7/c1-36(2)39-20-25-58(52(66)62-34-38(68-31-30-67-12)32-44(62)49-59-43(37-16-14-13-15-17-37)35-61(49)29-28-60(10)11)27-26-56(8)40(48(39)58)18-19-46-55(7)23-22-47(54(5,6)45(55)21-24-57(46,56)9)69-51(65)42-33-41(50(63)64)53(42,3)4/h13-17,35,38-42,44-48H,1,18-34H2,2-12H3,(H,63,64)/t38-,39+,40-,41+,42-,44+,45+,46-,47+,48-,55+,56-,57-,58+/m1/s1. The summed E-state index contributed by atoms with van der Waals surface area (Å²) in [7, 11) is 5.92. The van der Waals surface area contributed by atoms with Crippen molar-refractivity contribution in [1.29, 1.82) is 0 Å². The van der Waals surface area contributed by atoms with Crippen LogP contribution in [0, 0.1) is 73.9 Å². The van der Waals surface area contributed by atoms with Gasteiger partial charge in [0.2, 0.25) is 5.91 Å². The van der Waals surface area contributed by atoms with E-state index in [0.29, 0.717) is 62.2 Å². The molecule has 0 radical (unpaired) electrons. The van der Waals surface area contributed by atoms with Crippen LogP contribution in [0.4, 0.5) is 0 Å². The van der Waals surface area contributed by atoms with Crippen molar-refractivity contribution in [1.82, 2.24) is 19.4 Å². The number of carbonyl (C=O) groups excluding carboxylic acids is 2. The Kier molecular flexibility index (Phi) is 13.3. The molecule has 11 nitrogen and oxygen atoms in total. The Morgan fingerprint density at radius 2 is 1.58 bits per heavy atom. The van der Waals surface area contributed by atoms with E-state index in [2.05, 4.69) is 107 Å². The number of ether oxygens (including phenoxy) is 3. The second-order valence-electron chi connectivity index (χ2n) is 25.7. The first kappa shape index (κ1) is 50.4. The van der Waals surface area contributed by atoms with Gasteiger partial charge < -0.3 is 33.7 Å². The molecule has 6 saturated carbocycles. The van der Waals surface area contributed by atoms with Crippen molar-refractivity contribution in [2.24, 2.45) is 73.9 Å². The molecule has 69 heavy (non-hydrogen) atoms. The van der Waals surface area contributed by atoms with Crippen molar-refractivity contribution in [3.8, 4) is 11.3 Å². The number of aliphatic carboxylic acids is 1. The number of hydrogen-bond acceptors (Lipinski definition) is 8. The van der Waals surface area contributed by atoms with Crippen molar-refractivity contribution in [2.75, 3.05) is 47.5 Å². The Hall–Kier alpha value is -3.54. The molecule has 1 aromatic carbocycles. The highest BCUT2D eigenvalue weighted by molar-refractivity contribution is 5.85. The Morgan fingerprint density at radius 3 is 2.25 bits per heavy atom. The molecule has 11 heteroatoms. The highest BCUT2D eigenvalue weighted by Crippen LogP contribution is 2.78. The van der Waals surface area contributed by atoms with Gasteiger partial charge in [-0.25, -0.2) is 4.98 Å². The van der Waals surface area contributed by atoms with Gasteiger partial charge in [-0.3, -0.25) is 14.4 Å². The summed E-state index contributed by atoms with van der Waals surface area (Å²) >= 11 is 0. The molecule has 14 atom stereocenters. The number of fused-ring (bicyclic) bond motifs is 7. The molecule has 0 unspecified atom stereocenters. The van der Waals surface area contributed by atoms with E-state index in [1.54, 1.807) is 7.11 Å². The topological polar surface area (TPSA) is 123 Å². The third kappa shape index (κ3) is 7.99. The molecule has 0 spiro atoms. The zero-order valence-electron chi connectivity index (χ0n) is 44.2. The monoisotopic (exact) mass is 951 g/mol. The predicted octanol–water partition coefficient (Wildman–Crippen LogP) is 10.7. The lowest BCUT2D eigenvalue weighted by Gasteiger charge is -2.73. The van der Waals surface area contributed by atoms with Crippen LogP contribution >= 0.6 is 0 Å². The number of rotatable bonds is 14. The minimum Gasteiger partial charge on any atom is -0.481 e. The molecule has 7 fully saturated rings. The van der Waals surface area contributed by atoms with Crippen LogP contribution in [0.3, 0.4) is 0 Å². The van der Waals surface area contributed by atoms with Gasteiger partial charge in [0.25, 0.3) is 0 Å². The summed E-state index contributed by atoms with van der Waals surface area (Å²) in [6.45, 7) is 26.5. The number of esters is 1. The number of aromatic nitrogens is 2. The summed E-state index contributed by atoms with van der Waals surface area (Å²) in [4.78, 5) is 51.9. The van der Waals surface area contributed by atoms with E-state index < -0.39 is 22.7 Å². The number of carbonyl (C=O) groups is 3. The van der Waals surface area contributed by atoms with E-state index in [-0.39, 0.29) is 57.7 Å². The number of imidazole rings is 1. The van der Waals surface area contributed by atoms with E-state index in [9.17, 15) is 14.7 Å². The second-order valence-corrected chi connectivity index (χ2v) is 25.7. The first-order valence-corrected chi connectivity index (χ1v) is 26.8. The number of amides is 1. The number of allylic oxidation sites excluding steroid dienone is 1. The predicted molar refractivity (Wildman–Crippen MR) is 269 cm³/mol. The van der Waals surface area contributed by atoms with Gasteiger partial charge in [0, 0.05) is 50.3 Å². The second kappa shape index (κ2) is 18.2. The molecule has 1 aliphatic heterocycles. The van der Waals surface area contributed by atoms with Crippen LogP contribution < -0.4 is 0 Å². The largest absolute Gasteiger partial charge is 0.481 e. The fraction of sp³-hybridized carbons (Fsp3) is 0.759. The molecule has 0 bridgehead atoms. The molecule has 380 valence electrons. The van der Waals surface area contributed by atoms with Crippen LogP contribution in [0.1, 0.15) is 144 Å². The number of carboxylic acid groups (broad SMARTS) is 1. The lowest BCUT2D eigenvalue weighted by atomic mass is 9.32. The average Bonchev–Trinajstić information content (AvgIpc) is 4.03. The molecular weight excluding hydrogens is 865 g/mol. The SMILES string of the molecule is C=C(C)[C@@H]1CC[C@]2(C(=O)N3C[C@H](OCCOC)C[C@H]3c3nc(-c4ccccc4)cn3CCN(C)C)CC[C@]3(C)[C@H](CC[C@@H]4[C@@]5(C)CC[C@H](OC(=O)[C@H]6C[C@@H](C(=O)O)C6(C)C)C(C)(C)[C@@H]5CC[C@]43C)[C@@H]12. The summed E-state index contributed by atoms with van der Waals surface area (Å²) in [5.74, 6) is 1.16. The van der Waals surface area contributed by atoms with Crippen LogP contribution in [0.2, 0.25) is 0 Å². The minimum atomic E-state index is -0.823. The van der Waals surface area contributed by atoms with E-state index in [0.717, 1.165) is 94.4 Å². The molecule has 1 saturated heterocycles. The number of likely N-dealkylation sites (tertiary alicyclic amines) is 1. The number of carboxylic acids is 1. The summed E-state index contributed by atoms with van der Waals surface area (Å²) in [5, 5.41) is 9.77. The van der Waals surface area contributed by atoms with Gasteiger partial charge in [-0.1, -0.05) is 91.0 Å². The lowest BCUT2D eigenvalue weighted by Crippen LogP contribution is -2.67. The molecule has 6 aliphatic carbocycles. The highest BCUT2D eigenvalue weighted by atomic mass is 16.5. The smallest absolute Gasteiger partial charge is 0.309 e. The molecule has 9 rings (SSSR count). The minimum absolute atomic E-state index is 0.0452. The Labute approximate surface area is 413 Å². The van der Waals surface area contributed by atoms with E-state index >= 15 is 4.79 Å². The van der Waals surface area contributed by atoms with E-state index in [1.165, 1.54) is 5.57 Å². The summed E-state index contributed by atoms with van der Waals surface area (Å²) in [5.41, 5.74) is 2.15. The summed E-state index contributed by atoms with van der Waals surface area (Å²) in [6.07, 6.45) is 13.1. The van der Waals surface area contributed by atoms with Crippen LogP contribution in [-0.2, 0) is 35.1 Å². The molecular formula is C58H86N4O7. The molecule has 1 N–H and O–H groups in total. The molecule has 2 aromatic rings. The fourth-order valence-corrected chi connectivity index (χ4v) is 17.6. The van der Waals surface area contributed by atoms with Crippen molar-refractivity contribution < 1.29 is 33.7 Å². The lowest BCUT2D eigenvalue weighted by molar-refractivity contribution is -0.251. The van der Waals surface area contributed by atoms with E-state index in [1.807, 2.05) is 19.9 Å². The Bertz CT molecular complexity index is 2270. The zero-order valence-corrected chi connectivity index (χ0v) is 44.2. The number of hydrogen-bond donors (Lipinski definition) is 1. The maximum Gasteiger partial charge on any atom is 0.309 e. The number of benzene rings is 1. The normalized spacial score (nSPS) is 39.7. The third-order valence-corrected chi connectivity index (χ3v) is 21.7. The molecule has 2 heterocycles. The molecule has 1 amide bonds. The van der Waals surface area contributed by atoms with Gasteiger partial charge in [0.15, 0.2) is 0 Å². The Balaban J connectivity index is 1.01. The van der Waals surface area contributed by atoms with Crippen LogP contribution in [0.5, 0.6) is 0 Å². The van der Waals surface area contributed by atoms with Crippen LogP contribution in [-0.4, -0.2) is 102 Å². The van der Waals surface area contributed by atoms with Crippen LogP contribution in [0.15, 0.2) is 48.7 Å². The first-order chi connectivity index (χ1) is 32.5. The highest BCUT2D eigenvalue weighted by Gasteiger charge is 2.73.